The summed E-state index contributed by atoms with van der Waals surface area (Å²) in [6, 6.07) is 6.40. The van der Waals surface area contributed by atoms with Gasteiger partial charge in [0.25, 0.3) is 0 Å². The van der Waals surface area contributed by atoms with Gasteiger partial charge in [-0.25, -0.2) is 9.69 Å². The molecule has 43 heavy (non-hydrogen) atoms. The third-order valence-electron chi connectivity index (χ3n) is 8.87. The van der Waals surface area contributed by atoms with Crippen LogP contribution in [0.3, 0.4) is 0 Å². The number of carbonyl (C=O) groups excluding carboxylic acids is 4. The number of imide groups is 1. The number of allylic oxidation sites excluding steroid dienone is 6. The van der Waals surface area contributed by atoms with Gasteiger partial charge in [-0.1, -0.05) is 11.6 Å². The second-order valence-electron chi connectivity index (χ2n) is 11.0. The van der Waals surface area contributed by atoms with Crippen LogP contribution in [0.4, 0.5) is 5.69 Å². The number of ether oxygens (including phenoxy) is 2. The fraction of sp³-hybridized carbons (Fsp3) is 0.281. The number of carboxylic acids is 1. The number of rotatable bonds is 5. The minimum Gasteiger partial charge on any atom is -0.507 e. The molecule has 1 heterocycles. The summed E-state index contributed by atoms with van der Waals surface area (Å²) >= 11 is 0. The van der Waals surface area contributed by atoms with E-state index in [2.05, 4.69) is 0 Å². The van der Waals surface area contributed by atoms with Gasteiger partial charge in [0, 0.05) is 46.4 Å². The fourth-order valence-corrected chi connectivity index (χ4v) is 6.97. The van der Waals surface area contributed by atoms with Crippen LogP contribution >= 0.6 is 0 Å². The lowest BCUT2D eigenvalue weighted by Crippen LogP contribution is -2.40. The summed E-state index contributed by atoms with van der Waals surface area (Å²) < 4.78 is 10.9. The highest BCUT2D eigenvalue weighted by Gasteiger charge is 2.57. The highest BCUT2D eigenvalue weighted by Crippen LogP contribution is 2.58. The Morgan fingerprint density at radius 3 is 2.35 bits per heavy atom. The Bertz CT molecular complexity index is 1760. The minimum atomic E-state index is -1.36. The van der Waals surface area contributed by atoms with E-state index >= 15 is 0 Å². The van der Waals surface area contributed by atoms with Gasteiger partial charge in [0.05, 0.1) is 31.7 Å². The summed E-state index contributed by atoms with van der Waals surface area (Å²) in [4.78, 5) is 67.0. The fourth-order valence-electron chi connectivity index (χ4n) is 6.97. The predicted molar refractivity (Wildman–Crippen MR) is 150 cm³/mol. The Morgan fingerprint density at radius 1 is 0.953 bits per heavy atom. The summed E-state index contributed by atoms with van der Waals surface area (Å²) in [6.45, 7) is 1.54. The zero-order valence-corrected chi connectivity index (χ0v) is 23.4. The molecule has 0 unspecified atom stereocenters. The van der Waals surface area contributed by atoms with Crippen LogP contribution in [0, 0.1) is 17.8 Å². The van der Waals surface area contributed by atoms with Crippen LogP contribution in [0.15, 0.2) is 64.8 Å². The first-order valence-electron chi connectivity index (χ1n) is 13.6. The van der Waals surface area contributed by atoms with Gasteiger partial charge < -0.3 is 24.8 Å². The van der Waals surface area contributed by atoms with Crippen LogP contribution in [-0.2, 0) is 19.2 Å². The maximum atomic E-state index is 14.0. The molecular formula is C32H27NO10. The van der Waals surface area contributed by atoms with Gasteiger partial charge in [0.2, 0.25) is 11.8 Å². The lowest BCUT2D eigenvalue weighted by Gasteiger charge is -2.42. The van der Waals surface area contributed by atoms with E-state index in [1.165, 1.54) is 32.4 Å². The Balaban J connectivity index is 1.50. The number of phenolic OH excluding ortho intramolecular Hbond substituents is 1. The molecule has 6 rings (SSSR count). The second-order valence-corrected chi connectivity index (χ2v) is 11.0. The number of hydrogen-bond acceptors (Lipinski definition) is 9. The van der Waals surface area contributed by atoms with Gasteiger partial charge in [0.1, 0.15) is 28.6 Å². The first-order valence-corrected chi connectivity index (χ1v) is 13.6. The summed E-state index contributed by atoms with van der Waals surface area (Å²) in [5.41, 5.74) is 1.16. The van der Waals surface area contributed by atoms with Crippen molar-refractivity contribution in [3.8, 4) is 23.0 Å². The second kappa shape index (κ2) is 9.97. The molecule has 3 aliphatic carbocycles. The van der Waals surface area contributed by atoms with Gasteiger partial charge >= 0.3 is 5.97 Å². The van der Waals surface area contributed by atoms with Crippen LogP contribution in [-0.4, -0.2) is 58.9 Å². The number of aromatic carboxylic acids is 1. The molecule has 2 amide bonds. The standard InChI is InChI=1S/C32H27NO10/c1-13-8-22(35)26-20(29(13)37)12-19-16(27(26)28-23(36)10-15(42-2)11-24(28)43-3)6-7-18-25(19)31(39)33(30(18)38)14-4-5-17(32(40)41)21(34)9-14/h4-6,8-11,18-19,25,27,34,36H,7,12H2,1-3H3,(H,40,41)/t18-,19+,25-,27-/m0/s1. The molecule has 3 N–H and O–H groups in total. The van der Waals surface area contributed by atoms with Crippen LogP contribution in [0.5, 0.6) is 23.0 Å². The Labute approximate surface area is 245 Å². The molecule has 220 valence electrons. The SMILES string of the molecule is COc1cc(O)c([C@H]2C3=CC[C@@H]4C(=O)N(c5ccc(C(=O)O)c(O)c5)C(=O)[C@@H]4[C@@H]3CC3=C2C(=O)C=C(C)C3=O)c(OC)c1. The lowest BCUT2D eigenvalue weighted by molar-refractivity contribution is -0.123. The van der Waals surface area contributed by atoms with Crippen molar-refractivity contribution >= 4 is 35.0 Å². The number of aromatic hydroxyl groups is 2. The first kappa shape index (κ1) is 28.0. The molecule has 1 fully saturated rings. The monoisotopic (exact) mass is 585 g/mol. The molecule has 4 atom stereocenters. The van der Waals surface area contributed by atoms with E-state index in [1.54, 1.807) is 19.1 Å². The number of phenols is 2. The van der Waals surface area contributed by atoms with Crippen molar-refractivity contribution in [1.29, 1.82) is 0 Å². The van der Waals surface area contributed by atoms with E-state index in [-0.39, 0.29) is 69.4 Å². The highest BCUT2D eigenvalue weighted by molar-refractivity contribution is 6.25. The number of amides is 2. The minimum absolute atomic E-state index is 0.0258. The van der Waals surface area contributed by atoms with Crippen LogP contribution in [0.2, 0.25) is 0 Å². The largest absolute Gasteiger partial charge is 0.507 e. The lowest BCUT2D eigenvalue weighted by atomic mass is 9.59. The van der Waals surface area contributed by atoms with E-state index in [0.717, 1.165) is 17.0 Å². The molecule has 4 aliphatic rings. The Hall–Kier alpha value is -5.19. The molecule has 2 aromatic carbocycles. The van der Waals surface area contributed by atoms with E-state index in [4.69, 9.17) is 9.47 Å². The van der Waals surface area contributed by atoms with Gasteiger partial charge in [-0.2, -0.15) is 0 Å². The molecular weight excluding hydrogens is 558 g/mol. The van der Waals surface area contributed by atoms with Crippen LogP contribution < -0.4 is 14.4 Å². The van der Waals surface area contributed by atoms with Crippen molar-refractivity contribution in [1.82, 2.24) is 0 Å². The highest BCUT2D eigenvalue weighted by atomic mass is 16.5. The molecule has 11 nitrogen and oxygen atoms in total. The molecule has 0 bridgehead atoms. The number of ketones is 2. The number of nitrogens with zero attached hydrogens (tertiary/aromatic N) is 1. The maximum Gasteiger partial charge on any atom is 0.339 e. The van der Waals surface area contributed by atoms with Gasteiger partial charge in [-0.3, -0.25) is 19.2 Å². The zero-order valence-electron chi connectivity index (χ0n) is 23.4. The van der Waals surface area contributed by atoms with Crippen LogP contribution in [0.1, 0.15) is 41.6 Å². The topological polar surface area (TPSA) is 168 Å². The van der Waals surface area contributed by atoms with E-state index in [0.29, 0.717) is 11.3 Å². The van der Waals surface area contributed by atoms with E-state index in [1.807, 2.05) is 0 Å². The quantitative estimate of drug-likeness (QED) is 0.269. The van der Waals surface area contributed by atoms with Crippen molar-refractivity contribution in [2.75, 3.05) is 19.1 Å². The molecule has 0 radical (unpaired) electrons. The van der Waals surface area contributed by atoms with E-state index < -0.39 is 47.2 Å². The molecule has 11 heteroatoms. The predicted octanol–water partition coefficient (Wildman–Crippen LogP) is 3.45. The molecule has 1 saturated heterocycles. The number of carbonyl (C=O) groups is 5. The Kier molecular flexibility index (Phi) is 6.48. The smallest absolute Gasteiger partial charge is 0.339 e. The Morgan fingerprint density at radius 2 is 1.70 bits per heavy atom. The van der Waals surface area contributed by atoms with Crippen molar-refractivity contribution in [2.24, 2.45) is 17.8 Å². The third-order valence-corrected chi connectivity index (χ3v) is 8.87. The summed E-state index contributed by atoms with van der Waals surface area (Å²) in [6.07, 6.45) is 3.25. The van der Waals surface area contributed by atoms with Crippen molar-refractivity contribution < 1.29 is 48.8 Å². The number of carboxylic acid groups (broad SMARTS) is 1. The molecule has 1 aliphatic heterocycles. The summed E-state index contributed by atoms with van der Waals surface area (Å²) in [7, 11) is 2.83. The third kappa shape index (κ3) is 4.06. The number of hydrogen-bond donors (Lipinski definition) is 3. The molecule has 0 spiro atoms. The summed E-state index contributed by atoms with van der Waals surface area (Å²) in [5.74, 6) is -6.80. The normalized spacial score (nSPS) is 24.7. The van der Waals surface area contributed by atoms with Gasteiger partial charge in [-0.15, -0.1) is 0 Å². The number of fused-ring (bicyclic) bond motifs is 3. The van der Waals surface area contributed by atoms with Crippen molar-refractivity contribution in [3.63, 3.8) is 0 Å². The number of anilines is 1. The number of Topliss-reactive ketones (excluding diaryl/α,β-unsaturated/α-hetero) is 1. The van der Waals surface area contributed by atoms with Crippen molar-refractivity contribution in [2.45, 2.75) is 25.7 Å². The summed E-state index contributed by atoms with van der Waals surface area (Å²) in [5, 5.41) is 30.7. The molecule has 2 aromatic rings. The van der Waals surface area contributed by atoms with Crippen molar-refractivity contribution in [3.05, 3.63) is 75.9 Å². The van der Waals surface area contributed by atoms with Gasteiger partial charge in [0.15, 0.2) is 11.6 Å². The number of methoxy groups -OCH3 is 2. The average molecular weight is 586 g/mol. The molecule has 0 aromatic heterocycles. The van der Waals surface area contributed by atoms with Gasteiger partial charge in [-0.05, 0) is 43.9 Å². The zero-order chi connectivity index (χ0) is 30.9. The van der Waals surface area contributed by atoms with Crippen LogP contribution in [0.25, 0.3) is 0 Å². The number of benzene rings is 2. The first-order chi connectivity index (χ1) is 20.5. The van der Waals surface area contributed by atoms with E-state index in [9.17, 15) is 39.3 Å². The molecule has 0 saturated carbocycles. The maximum absolute atomic E-state index is 14.0. The average Bonchev–Trinajstić information content (AvgIpc) is 3.23.